The summed E-state index contributed by atoms with van der Waals surface area (Å²) >= 11 is 0. The van der Waals surface area contributed by atoms with Crippen molar-refractivity contribution < 1.29 is 0 Å². The smallest absolute Gasteiger partial charge is 0.0447 e. The van der Waals surface area contributed by atoms with Crippen molar-refractivity contribution in [3.05, 3.63) is 83.6 Å². The minimum atomic E-state index is 0.979. The van der Waals surface area contributed by atoms with Crippen LogP contribution in [0.15, 0.2) is 72.4 Å². The van der Waals surface area contributed by atoms with E-state index in [1.54, 1.807) is 0 Å². The first-order valence-electron chi connectivity index (χ1n) is 6.73. The summed E-state index contributed by atoms with van der Waals surface area (Å²) in [6.45, 7) is 0.979. The van der Waals surface area contributed by atoms with Gasteiger partial charge in [-0.05, 0) is 28.8 Å². The summed E-state index contributed by atoms with van der Waals surface area (Å²) in [5, 5.41) is 0. The predicted octanol–water partition coefficient (Wildman–Crippen LogP) is 4.03. The molecular formula is C18H15N. The van der Waals surface area contributed by atoms with Crippen molar-refractivity contribution in [1.82, 2.24) is 0 Å². The lowest BCUT2D eigenvalue weighted by Crippen LogP contribution is -2.21. The van der Waals surface area contributed by atoms with Crippen LogP contribution in [0.5, 0.6) is 0 Å². The number of hydrogen-bond donors (Lipinski definition) is 0. The van der Waals surface area contributed by atoms with E-state index in [0.717, 1.165) is 13.0 Å². The number of rotatable bonds is 1. The van der Waals surface area contributed by atoms with Gasteiger partial charge in [-0.15, -0.1) is 0 Å². The average Bonchev–Trinajstić information content (AvgIpc) is 2.86. The summed E-state index contributed by atoms with van der Waals surface area (Å²) in [7, 11) is 0. The largest absolute Gasteiger partial charge is 0.341 e. The summed E-state index contributed by atoms with van der Waals surface area (Å²) in [4.78, 5) is 2.42. The van der Waals surface area contributed by atoms with Gasteiger partial charge in [0.25, 0.3) is 0 Å². The van der Waals surface area contributed by atoms with E-state index in [1.807, 2.05) is 0 Å². The van der Waals surface area contributed by atoms with Crippen LogP contribution < -0.4 is 4.90 Å². The molecule has 2 aliphatic rings. The molecule has 0 aromatic heterocycles. The third-order valence-electron chi connectivity index (χ3n) is 3.92. The molecule has 0 N–H and O–H groups in total. The number of benzene rings is 2. The van der Waals surface area contributed by atoms with E-state index >= 15 is 0 Å². The normalized spacial score (nSPS) is 16.5. The number of fused-ring (bicyclic) bond motifs is 3. The molecule has 0 bridgehead atoms. The van der Waals surface area contributed by atoms with Gasteiger partial charge in [0, 0.05) is 24.4 Å². The van der Waals surface area contributed by atoms with Gasteiger partial charge < -0.3 is 4.90 Å². The molecule has 0 saturated heterocycles. The molecule has 0 unspecified atom stereocenters. The Kier molecular flexibility index (Phi) is 2.31. The fraction of sp³-hybridized carbons (Fsp3) is 0.111. The van der Waals surface area contributed by atoms with Crippen LogP contribution in [-0.2, 0) is 6.42 Å². The van der Waals surface area contributed by atoms with Crippen molar-refractivity contribution in [2.75, 3.05) is 11.4 Å². The SMILES string of the molecule is C1=C(c2ccccc2)C=C2Cc3ccccc3N2C1. The Bertz CT molecular complexity index is 680. The molecule has 2 aromatic carbocycles. The molecular weight excluding hydrogens is 230 g/mol. The van der Waals surface area contributed by atoms with E-state index in [4.69, 9.17) is 0 Å². The first kappa shape index (κ1) is 10.6. The van der Waals surface area contributed by atoms with Crippen molar-refractivity contribution in [2.24, 2.45) is 0 Å². The van der Waals surface area contributed by atoms with Crippen molar-refractivity contribution in [2.45, 2.75) is 6.42 Å². The van der Waals surface area contributed by atoms with Crippen molar-refractivity contribution in [3.63, 3.8) is 0 Å². The van der Waals surface area contributed by atoms with Gasteiger partial charge in [0.2, 0.25) is 0 Å². The lowest BCUT2D eigenvalue weighted by Gasteiger charge is -2.24. The van der Waals surface area contributed by atoms with Crippen LogP contribution >= 0.6 is 0 Å². The van der Waals surface area contributed by atoms with Gasteiger partial charge in [-0.2, -0.15) is 0 Å². The molecule has 19 heavy (non-hydrogen) atoms. The molecule has 0 spiro atoms. The van der Waals surface area contributed by atoms with Gasteiger partial charge in [0.1, 0.15) is 0 Å². The standard InChI is InChI=1S/C18H15N/c1-2-6-14(7-3-1)15-10-11-19-17(12-15)13-16-8-4-5-9-18(16)19/h1-10,12H,11,13H2. The fourth-order valence-electron chi connectivity index (χ4n) is 2.97. The number of allylic oxidation sites excluding steroid dienone is 3. The molecule has 2 heterocycles. The first-order chi connectivity index (χ1) is 9.42. The Labute approximate surface area is 113 Å². The lowest BCUT2D eigenvalue weighted by atomic mass is 10.0. The zero-order chi connectivity index (χ0) is 12.7. The van der Waals surface area contributed by atoms with Crippen LogP contribution in [0.2, 0.25) is 0 Å². The zero-order valence-corrected chi connectivity index (χ0v) is 10.7. The minimum Gasteiger partial charge on any atom is -0.341 e. The number of nitrogens with zero attached hydrogens (tertiary/aromatic N) is 1. The summed E-state index contributed by atoms with van der Waals surface area (Å²) in [5.41, 5.74) is 6.89. The molecule has 4 rings (SSSR count). The Balaban J connectivity index is 1.72. The molecule has 0 atom stereocenters. The van der Waals surface area contributed by atoms with E-state index in [-0.39, 0.29) is 0 Å². The van der Waals surface area contributed by atoms with Gasteiger partial charge in [-0.1, -0.05) is 54.6 Å². The van der Waals surface area contributed by atoms with Gasteiger partial charge in [0.15, 0.2) is 0 Å². The van der Waals surface area contributed by atoms with E-state index in [2.05, 4.69) is 71.6 Å². The Morgan fingerprint density at radius 2 is 1.63 bits per heavy atom. The van der Waals surface area contributed by atoms with Crippen LogP contribution in [0, 0.1) is 0 Å². The maximum Gasteiger partial charge on any atom is 0.0447 e. The molecule has 1 nitrogen and oxygen atoms in total. The van der Waals surface area contributed by atoms with Crippen molar-refractivity contribution in [3.8, 4) is 0 Å². The fourth-order valence-corrected chi connectivity index (χ4v) is 2.97. The highest BCUT2D eigenvalue weighted by Crippen LogP contribution is 2.37. The number of hydrogen-bond acceptors (Lipinski definition) is 1. The maximum absolute atomic E-state index is 2.42. The lowest BCUT2D eigenvalue weighted by molar-refractivity contribution is 1.01. The molecule has 0 amide bonds. The van der Waals surface area contributed by atoms with Gasteiger partial charge in [-0.25, -0.2) is 0 Å². The quantitative estimate of drug-likeness (QED) is 0.733. The third-order valence-corrected chi connectivity index (χ3v) is 3.92. The summed E-state index contributed by atoms with van der Waals surface area (Å²) in [5.74, 6) is 0. The predicted molar refractivity (Wildman–Crippen MR) is 80.0 cm³/mol. The summed E-state index contributed by atoms with van der Waals surface area (Å²) in [6, 6.07) is 19.3. The van der Waals surface area contributed by atoms with Crippen molar-refractivity contribution >= 4 is 11.3 Å². The van der Waals surface area contributed by atoms with E-state index in [9.17, 15) is 0 Å². The van der Waals surface area contributed by atoms with Gasteiger partial charge in [-0.3, -0.25) is 0 Å². The Morgan fingerprint density at radius 3 is 2.53 bits per heavy atom. The van der Waals surface area contributed by atoms with E-state index in [0.29, 0.717) is 0 Å². The number of para-hydroxylation sites is 1. The highest BCUT2D eigenvalue weighted by Gasteiger charge is 2.25. The van der Waals surface area contributed by atoms with Crippen LogP contribution in [0.4, 0.5) is 5.69 Å². The Morgan fingerprint density at radius 1 is 0.842 bits per heavy atom. The molecule has 92 valence electrons. The van der Waals surface area contributed by atoms with Crippen LogP contribution in [0.25, 0.3) is 5.57 Å². The Hall–Kier alpha value is -2.28. The van der Waals surface area contributed by atoms with E-state index < -0.39 is 0 Å². The molecule has 2 aliphatic heterocycles. The molecule has 0 radical (unpaired) electrons. The zero-order valence-electron chi connectivity index (χ0n) is 10.7. The van der Waals surface area contributed by atoms with Gasteiger partial charge >= 0.3 is 0 Å². The summed E-state index contributed by atoms with van der Waals surface area (Å²) < 4.78 is 0. The van der Waals surface area contributed by atoms with E-state index in [1.165, 1.54) is 28.1 Å². The number of anilines is 1. The third kappa shape index (κ3) is 1.70. The van der Waals surface area contributed by atoms with Crippen LogP contribution in [0.3, 0.4) is 0 Å². The highest BCUT2D eigenvalue weighted by molar-refractivity contribution is 5.81. The average molecular weight is 245 g/mol. The topological polar surface area (TPSA) is 3.24 Å². The molecule has 0 fully saturated rings. The molecule has 2 aromatic rings. The highest BCUT2D eigenvalue weighted by atomic mass is 15.2. The summed E-state index contributed by atoms with van der Waals surface area (Å²) in [6.07, 6.45) is 5.71. The second kappa shape index (κ2) is 4.13. The molecule has 0 saturated carbocycles. The monoisotopic (exact) mass is 245 g/mol. The minimum absolute atomic E-state index is 0.979. The second-order valence-corrected chi connectivity index (χ2v) is 5.08. The van der Waals surface area contributed by atoms with Crippen LogP contribution in [-0.4, -0.2) is 6.54 Å². The van der Waals surface area contributed by atoms with Gasteiger partial charge in [0.05, 0.1) is 0 Å². The van der Waals surface area contributed by atoms with Crippen molar-refractivity contribution in [1.29, 1.82) is 0 Å². The first-order valence-corrected chi connectivity index (χ1v) is 6.73. The second-order valence-electron chi connectivity index (χ2n) is 5.08. The van der Waals surface area contributed by atoms with Crippen LogP contribution in [0.1, 0.15) is 11.1 Å². The molecule has 0 aliphatic carbocycles. The maximum atomic E-state index is 2.42. The molecule has 1 heteroatoms.